The standard InChI is InChI=1S/C14H23N3/c1-11-10-17(3)8-6-14(11)16-12(2)13-5-4-7-15-9-13/h4-5,7,9,11-12,14,16H,6,8,10H2,1-3H3. The van der Waals surface area contributed by atoms with Crippen LogP contribution in [0.3, 0.4) is 0 Å². The second-order valence-electron chi connectivity index (χ2n) is 5.31. The van der Waals surface area contributed by atoms with E-state index in [1.54, 1.807) is 0 Å². The lowest BCUT2D eigenvalue weighted by molar-refractivity contribution is 0.168. The van der Waals surface area contributed by atoms with Crippen LogP contribution in [0.15, 0.2) is 24.5 Å². The van der Waals surface area contributed by atoms with Crippen molar-refractivity contribution < 1.29 is 0 Å². The molecule has 1 aromatic heterocycles. The summed E-state index contributed by atoms with van der Waals surface area (Å²) in [6.45, 7) is 6.95. The highest BCUT2D eigenvalue weighted by atomic mass is 15.1. The summed E-state index contributed by atoms with van der Waals surface area (Å²) in [5.74, 6) is 0.716. The van der Waals surface area contributed by atoms with E-state index in [0.717, 1.165) is 0 Å². The Bertz CT molecular complexity index is 339. The summed E-state index contributed by atoms with van der Waals surface area (Å²) in [5, 5.41) is 3.74. The van der Waals surface area contributed by atoms with Gasteiger partial charge in [0.15, 0.2) is 0 Å². The summed E-state index contributed by atoms with van der Waals surface area (Å²) < 4.78 is 0. The fourth-order valence-corrected chi connectivity index (χ4v) is 2.65. The summed E-state index contributed by atoms with van der Waals surface area (Å²) in [6, 6.07) is 5.16. The molecule has 3 heteroatoms. The number of hydrogen-bond acceptors (Lipinski definition) is 3. The van der Waals surface area contributed by atoms with Gasteiger partial charge < -0.3 is 10.2 Å². The second-order valence-corrected chi connectivity index (χ2v) is 5.31. The van der Waals surface area contributed by atoms with E-state index in [2.05, 4.69) is 42.2 Å². The van der Waals surface area contributed by atoms with Gasteiger partial charge in [0, 0.05) is 31.0 Å². The minimum absolute atomic E-state index is 0.388. The Kier molecular flexibility index (Phi) is 4.13. The summed E-state index contributed by atoms with van der Waals surface area (Å²) >= 11 is 0. The van der Waals surface area contributed by atoms with E-state index in [1.165, 1.54) is 25.1 Å². The topological polar surface area (TPSA) is 28.2 Å². The maximum atomic E-state index is 4.18. The van der Waals surface area contributed by atoms with Crippen LogP contribution in [0, 0.1) is 5.92 Å². The van der Waals surface area contributed by atoms with Gasteiger partial charge in [0.1, 0.15) is 0 Å². The second kappa shape index (κ2) is 5.61. The van der Waals surface area contributed by atoms with Gasteiger partial charge in [0.05, 0.1) is 0 Å². The van der Waals surface area contributed by atoms with E-state index in [-0.39, 0.29) is 0 Å². The van der Waals surface area contributed by atoms with Crippen LogP contribution < -0.4 is 5.32 Å². The van der Waals surface area contributed by atoms with E-state index in [9.17, 15) is 0 Å². The number of piperidine rings is 1. The predicted octanol–water partition coefficient (Wildman–Crippen LogP) is 2.07. The van der Waals surface area contributed by atoms with E-state index in [1.807, 2.05) is 18.5 Å². The van der Waals surface area contributed by atoms with Crippen molar-refractivity contribution in [2.45, 2.75) is 32.4 Å². The van der Waals surface area contributed by atoms with Crippen LogP contribution in [-0.4, -0.2) is 36.1 Å². The van der Waals surface area contributed by atoms with Crippen LogP contribution in [0.25, 0.3) is 0 Å². The van der Waals surface area contributed by atoms with E-state index >= 15 is 0 Å². The smallest absolute Gasteiger partial charge is 0.0315 e. The van der Waals surface area contributed by atoms with Crippen molar-refractivity contribution in [2.24, 2.45) is 5.92 Å². The Labute approximate surface area is 104 Å². The molecular weight excluding hydrogens is 210 g/mol. The normalized spacial score (nSPS) is 27.9. The Balaban J connectivity index is 1.93. The lowest BCUT2D eigenvalue weighted by Crippen LogP contribution is -2.47. The first-order chi connectivity index (χ1) is 8.16. The minimum atomic E-state index is 0.388. The monoisotopic (exact) mass is 233 g/mol. The summed E-state index contributed by atoms with van der Waals surface area (Å²) in [4.78, 5) is 6.60. The average Bonchev–Trinajstić information content (AvgIpc) is 2.34. The Morgan fingerprint density at radius 3 is 3.00 bits per heavy atom. The molecule has 17 heavy (non-hydrogen) atoms. The molecule has 3 nitrogen and oxygen atoms in total. The molecule has 94 valence electrons. The molecule has 0 aromatic carbocycles. The van der Waals surface area contributed by atoms with Crippen LogP contribution in [-0.2, 0) is 0 Å². The van der Waals surface area contributed by atoms with Gasteiger partial charge in [-0.05, 0) is 44.5 Å². The molecule has 0 amide bonds. The molecule has 0 radical (unpaired) electrons. The number of hydrogen-bond donors (Lipinski definition) is 1. The van der Waals surface area contributed by atoms with Crippen LogP contribution in [0.4, 0.5) is 0 Å². The molecule has 1 saturated heterocycles. The maximum absolute atomic E-state index is 4.18. The first-order valence-electron chi connectivity index (χ1n) is 6.51. The third kappa shape index (κ3) is 3.27. The molecule has 3 atom stereocenters. The van der Waals surface area contributed by atoms with Gasteiger partial charge in [-0.25, -0.2) is 0 Å². The highest BCUT2D eigenvalue weighted by Crippen LogP contribution is 2.19. The average molecular weight is 233 g/mol. The molecule has 0 bridgehead atoms. The third-order valence-electron chi connectivity index (χ3n) is 3.76. The van der Waals surface area contributed by atoms with E-state index in [0.29, 0.717) is 18.0 Å². The van der Waals surface area contributed by atoms with Crippen LogP contribution in [0.5, 0.6) is 0 Å². The zero-order chi connectivity index (χ0) is 12.3. The number of rotatable bonds is 3. The number of nitrogens with zero attached hydrogens (tertiary/aromatic N) is 2. The van der Waals surface area contributed by atoms with E-state index < -0.39 is 0 Å². The lowest BCUT2D eigenvalue weighted by Gasteiger charge is -2.37. The number of nitrogens with one attached hydrogen (secondary N) is 1. The first kappa shape index (κ1) is 12.5. The van der Waals surface area contributed by atoms with Gasteiger partial charge in [0.2, 0.25) is 0 Å². The molecule has 0 saturated carbocycles. The summed E-state index contributed by atoms with van der Waals surface area (Å²) in [7, 11) is 2.21. The Morgan fingerprint density at radius 2 is 2.35 bits per heavy atom. The van der Waals surface area contributed by atoms with Gasteiger partial charge in [-0.3, -0.25) is 4.98 Å². The quantitative estimate of drug-likeness (QED) is 0.866. The van der Waals surface area contributed by atoms with Gasteiger partial charge in [-0.1, -0.05) is 13.0 Å². The van der Waals surface area contributed by atoms with Crippen molar-refractivity contribution in [3.8, 4) is 0 Å². The van der Waals surface area contributed by atoms with Gasteiger partial charge in [-0.15, -0.1) is 0 Å². The largest absolute Gasteiger partial charge is 0.307 e. The van der Waals surface area contributed by atoms with Gasteiger partial charge >= 0.3 is 0 Å². The van der Waals surface area contributed by atoms with Crippen LogP contribution in [0.2, 0.25) is 0 Å². The molecule has 2 heterocycles. The van der Waals surface area contributed by atoms with Crippen molar-refractivity contribution in [2.75, 3.05) is 20.1 Å². The maximum Gasteiger partial charge on any atom is 0.0315 e. The lowest BCUT2D eigenvalue weighted by atomic mass is 9.93. The Morgan fingerprint density at radius 1 is 1.53 bits per heavy atom. The van der Waals surface area contributed by atoms with Crippen molar-refractivity contribution in [3.05, 3.63) is 30.1 Å². The van der Waals surface area contributed by atoms with Crippen molar-refractivity contribution in [1.29, 1.82) is 0 Å². The van der Waals surface area contributed by atoms with Crippen LogP contribution >= 0.6 is 0 Å². The fraction of sp³-hybridized carbons (Fsp3) is 0.643. The molecular formula is C14H23N3. The minimum Gasteiger partial charge on any atom is -0.307 e. The zero-order valence-electron chi connectivity index (χ0n) is 11.1. The molecule has 1 aliphatic heterocycles. The van der Waals surface area contributed by atoms with Gasteiger partial charge in [-0.2, -0.15) is 0 Å². The molecule has 1 aromatic rings. The number of pyridine rings is 1. The zero-order valence-corrected chi connectivity index (χ0v) is 11.1. The Hall–Kier alpha value is -0.930. The number of aromatic nitrogens is 1. The highest BCUT2D eigenvalue weighted by molar-refractivity contribution is 5.13. The summed E-state index contributed by atoms with van der Waals surface area (Å²) in [6.07, 6.45) is 5.02. The van der Waals surface area contributed by atoms with Crippen molar-refractivity contribution in [3.63, 3.8) is 0 Å². The van der Waals surface area contributed by atoms with Crippen molar-refractivity contribution >= 4 is 0 Å². The number of likely N-dealkylation sites (tertiary alicyclic amines) is 1. The van der Waals surface area contributed by atoms with Crippen LogP contribution in [0.1, 0.15) is 31.9 Å². The molecule has 3 unspecified atom stereocenters. The fourth-order valence-electron chi connectivity index (χ4n) is 2.65. The third-order valence-corrected chi connectivity index (χ3v) is 3.76. The predicted molar refractivity (Wildman–Crippen MR) is 70.9 cm³/mol. The first-order valence-corrected chi connectivity index (χ1v) is 6.51. The highest BCUT2D eigenvalue weighted by Gasteiger charge is 2.25. The molecule has 0 spiro atoms. The molecule has 1 fully saturated rings. The molecule has 1 aliphatic rings. The van der Waals surface area contributed by atoms with Gasteiger partial charge in [0.25, 0.3) is 0 Å². The molecule has 1 N–H and O–H groups in total. The van der Waals surface area contributed by atoms with E-state index in [4.69, 9.17) is 0 Å². The summed E-state index contributed by atoms with van der Waals surface area (Å²) in [5.41, 5.74) is 1.28. The molecule has 2 rings (SSSR count). The SMILES string of the molecule is CC(NC1CCN(C)CC1C)c1cccnc1. The molecule has 0 aliphatic carbocycles. The van der Waals surface area contributed by atoms with Crippen molar-refractivity contribution in [1.82, 2.24) is 15.2 Å².